The van der Waals surface area contributed by atoms with Gasteiger partial charge in [0.25, 0.3) is 5.91 Å². The summed E-state index contributed by atoms with van der Waals surface area (Å²) < 4.78 is 5.18. The number of hydrogen-bond acceptors (Lipinski definition) is 4. The standard InChI is InChI=1S/C25H27Cl2N3O3/c1-33-14-13-29(25(32)18-5-4-6-18)16-24(31)30-23(17-9-11-19(26)12-10-17)15-22(28-30)20-7-2-3-8-21(20)27/h2-3,7-12,18,23H,4-6,13-16H2,1H3/t23-/m0/s1. The minimum atomic E-state index is -0.302. The first-order valence-corrected chi connectivity index (χ1v) is 11.9. The van der Waals surface area contributed by atoms with Crippen LogP contribution in [-0.4, -0.2) is 54.2 Å². The molecule has 0 bridgehead atoms. The number of hydrazone groups is 1. The van der Waals surface area contributed by atoms with Crippen LogP contribution in [0.2, 0.25) is 10.0 Å². The highest BCUT2D eigenvalue weighted by molar-refractivity contribution is 6.34. The van der Waals surface area contributed by atoms with Crippen LogP contribution in [0, 0.1) is 5.92 Å². The minimum Gasteiger partial charge on any atom is -0.383 e. The Bertz CT molecular complexity index is 1040. The molecule has 1 aliphatic heterocycles. The number of methoxy groups -OCH3 is 1. The molecule has 1 fully saturated rings. The molecule has 1 atom stereocenters. The summed E-state index contributed by atoms with van der Waals surface area (Å²) in [5, 5.41) is 7.39. The van der Waals surface area contributed by atoms with E-state index in [2.05, 4.69) is 5.10 Å². The summed E-state index contributed by atoms with van der Waals surface area (Å²) >= 11 is 12.5. The lowest BCUT2D eigenvalue weighted by Gasteiger charge is -2.32. The van der Waals surface area contributed by atoms with Crippen LogP contribution in [0.25, 0.3) is 0 Å². The number of benzene rings is 2. The van der Waals surface area contributed by atoms with Crippen molar-refractivity contribution < 1.29 is 14.3 Å². The summed E-state index contributed by atoms with van der Waals surface area (Å²) in [4.78, 5) is 28.0. The summed E-state index contributed by atoms with van der Waals surface area (Å²) in [5.41, 5.74) is 2.46. The largest absolute Gasteiger partial charge is 0.383 e. The minimum absolute atomic E-state index is 0.00230. The monoisotopic (exact) mass is 487 g/mol. The molecule has 8 heteroatoms. The second-order valence-corrected chi connectivity index (χ2v) is 9.26. The third-order valence-corrected chi connectivity index (χ3v) is 6.84. The van der Waals surface area contributed by atoms with E-state index in [-0.39, 0.29) is 30.3 Å². The molecule has 1 heterocycles. The Balaban J connectivity index is 1.60. The van der Waals surface area contributed by atoms with Crippen LogP contribution in [0.15, 0.2) is 53.6 Å². The fraction of sp³-hybridized carbons (Fsp3) is 0.400. The van der Waals surface area contributed by atoms with Crippen molar-refractivity contribution in [3.8, 4) is 0 Å². The molecule has 33 heavy (non-hydrogen) atoms. The Hall–Kier alpha value is -2.41. The second kappa shape index (κ2) is 10.7. The molecule has 1 saturated carbocycles. The lowest BCUT2D eigenvalue weighted by molar-refractivity contribution is -0.146. The van der Waals surface area contributed by atoms with Gasteiger partial charge in [0.15, 0.2) is 0 Å². The molecule has 0 spiro atoms. The Kier molecular flexibility index (Phi) is 7.68. The van der Waals surface area contributed by atoms with Crippen molar-refractivity contribution >= 4 is 40.7 Å². The second-order valence-electron chi connectivity index (χ2n) is 8.42. The van der Waals surface area contributed by atoms with Gasteiger partial charge in [0.2, 0.25) is 5.91 Å². The number of rotatable bonds is 8. The average Bonchev–Trinajstić information content (AvgIpc) is 3.21. The number of carbonyl (C=O) groups excluding carboxylic acids is 2. The maximum atomic E-state index is 13.5. The summed E-state index contributed by atoms with van der Waals surface area (Å²) in [5.74, 6) is -0.215. The predicted molar refractivity (Wildman–Crippen MR) is 129 cm³/mol. The Morgan fingerprint density at radius 3 is 2.48 bits per heavy atom. The number of hydrogen-bond donors (Lipinski definition) is 0. The Morgan fingerprint density at radius 2 is 1.85 bits per heavy atom. The molecule has 2 aromatic carbocycles. The molecule has 2 amide bonds. The van der Waals surface area contributed by atoms with Crippen LogP contribution in [0.4, 0.5) is 0 Å². The van der Waals surface area contributed by atoms with Crippen molar-refractivity contribution in [2.24, 2.45) is 11.0 Å². The third-order valence-electron chi connectivity index (χ3n) is 6.26. The number of amides is 2. The molecule has 2 aromatic rings. The smallest absolute Gasteiger partial charge is 0.262 e. The summed E-state index contributed by atoms with van der Waals surface area (Å²) in [6, 6.07) is 14.6. The van der Waals surface area contributed by atoms with Gasteiger partial charge in [-0.2, -0.15) is 5.10 Å². The number of halogens is 2. The molecule has 0 saturated heterocycles. The lowest BCUT2D eigenvalue weighted by Crippen LogP contribution is -2.46. The van der Waals surface area contributed by atoms with Gasteiger partial charge < -0.3 is 9.64 Å². The zero-order chi connectivity index (χ0) is 23.4. The predicted octanol–water partition coefficient (Wildman–Crippen LogP) is 4.95. The molecule has 0 unspecified atom stereocenters. The van der Waals surface area contributed by atoms with Gasteiger partial charge in [0, 0.05) is 41.6 Å². The van der Waals surface area contributed by atoms with E-state index in [1.807, 2.05) is 36.4 Å². The van der Waals surface area contributed by atoms with Gasteiger partial charge in [-0.25, -0.2) is 5.01 Å². The van der Waals surface area contributed by atoms with Crippen LogP contribution in [0.5, 0.6) is 0 Å². The van der Waals surface area contributed by atoms with E-state index in [1.165, 1.54) is 5.01 Å². The van der Waals surface area contributed by atoms with Crippen molar-refractivity contribution in [3.05, 3.63) is 69.7 Å². The van der Waals surface area contributed by atoms with Crippen molar-refractivity contribution in [1.82, 2.24) is 9.91 Å². The molecule has 2 aliphatic rings. The molecule has 6 nitrogen and oxygen atoms in total. The highest BCUT2D eigenvalue weighted by Gasteiger charge is 2.36. The Morgan fingerprint density at radius 1 is 1.12 bits per heavy atom. The summed E-state index contributed by atoms with van der Waals surface area (Å²) in [6.07, 6.45) is 3.33. The topological polar surface area (TPSA) is 62.2 Å². The quantitative estimate of drug-likeness (QED) is 0.529. The van der Waals surface area contributed by atoms with Gasteiger partial charge in [-0.15, -0.1) is 0 Å². The van der Waals surface area contributed by atoms with Crippen molar-refractivity contribution in [2.45, 2.75) is 31.7 Å². The van der Waals surface area contributed by atoms with E-state index in [0.29, 0.717) is 29.6 Å². The van der Waals surface area contributed by atoms with E-state index >= 15 is 0 Å². The van der Waals surface area contributed by atoms with E-state index in [4.69, 9.17) is 27.9 Å². The molecule has 1 aliphatic carbocycles. The first kappa shape index (κ1) is 23.7. The van der Waals surface area contributed by atoms with E-state index in [1.54, 1.807) is 24.1 Å². The first-order valence-electron chi connectivity index (χ1n) is 11.2. The van der Waals surface area contributed by atoms with Gasteiger partial charge in [-0.1, -0.05) is 60.0 Å². The van der Waals surface area contributed by atoms with E-state index in [9.17, 15) is 9.59 Å². The van der Waals surface area contributed by atoms with Crippen LogP contribution in [0.1, 0.15) is 42.9 Å². The van der Waals surface area contributed by atoms with E-state index in [0.717, 1.165) is 36.1 Å². The molecule has 0 N–H and O–H groups in total. The molecular formula is C25H27Cl2N3O3. The van der Waals surface area contributed by atoms with E-state index < -0.39 is 0 Å². The van der Waals surface area contributed by atoms with Gasteiger partial charge in [-0.3, -0.25) is 9.59 Å². The van der Waals surface area contributed by atoms with Crippen LogP contribution in [-0.2, 0) is 14.3 Å². The van der Waals surface area contributed by atoms with Gasteiger partial charge in [0.05, 0.1) is 18.4 Å². The highest BCUT2D eigenvalue weighted by atomic mass is 35.5. The van der Waals surface area contributed by atoms with Gasteiger partial charge in [-0.05, 0) is 36.6 Å². The van der Waals surface area contributed by atoms with Crippen molar-refractivity contribution in [1.29, 1.82) is 0 Å². The molecule has 0 aromatic heterocycles. The van der Waals surface area contributed by atoms with Gasteiger partial charge >= 0.3 is 0 Å². The number of nitrogens with zero attached hydrogens (tertiary/aromatic N) is 3. The zero-order valence-corrected chi connectivity index (χ0v) is 20.1. The third kappa shape index (κ3) is 5.40. The summed E-state index contributed by atoms with van der Waals surface area (Å²) in [7, 11) is 1.59. The Labute approximate surface area is 204 Å². The average molecular weight is 488 g/mol. The van der Waals surface area contributed by atoms with Crippen molar-refractivity contribution in [2.75, 3.05) is 26.8 Å². The maximum absolute atomic E-state index is 13.5. The van der Waals surface area contributed by atoms with Crippen LogP contribution in [0.3, 0.4) is 0 Å². The maximum Gasteiger partial charge on any atom is 0.262 e. The molecule has 174 valence electrons. The molecule has 0 radical (unpaired) electrons. The zero-order valence-electron chi connectivity index (χ0n) is 18.5. The van der Waals surface area contributed by atoms with Crippen LogP contribution < -0.4 is 0 Å². The molecule has 4 rings (SSSR count). The number of ether oxygens (including phenoxy) is 1. The molecular weight excluding hydrogens is 461 g/mol. The fourth-order valence-electron chi connectivity index (χ4n) is 4.16. The summed E-state index contributed by atoms with van der Waals surface area (Å²) in [6.45, 7) is 0.709. The normalized spacial score (nSPS) is 18.1. The van der Waals surface area contributed by atoms with Crippen LogP contribution >= 0.6 is 23.2 Å². The SMILES string of the molecule is COCCN(CC(=O)N1N=C(c2ccccc2Cl)C[C@H]1c1ccc(Cl)cc1)C(=O)C1CCC1. The highest BCUT2D eigenvalue weighted by Crippen LogP contribution is 2.35. The number of carbonyl (C=O) groups is 2. The van der Waals surface area contributed by atoms with Gasteiger partial charge in [0.1, 0.15) is 6.54 Å². The van der Waals surface area contributed by atoms with Crippen molar-refractivity contribution in [3.63, 3.8) is 0 Å². The fourth-order valence-corrected chi connectivity index (χ4v) is 4.53. The lowest BCUT2D eigenvalue weighted by atomic mass is 9.84. The first-order chi connectivity index (χ1) is 16.0.